The summed E-state index contributed by atoms with van der Waals surface area (Å²) in [4.78, 5) is 14.3. The first-order valence-electron chi connectivity index (χ1n) is 9.81. The van der Waals surface area contributed by atoms with Crippen LogP contribution >= 0.6 is 0 Å². The maximum atomic E-state index is 11.8. The van der Waals surface area contributed by atoms with Crippen LogP contribution in [-0.2, 0) is 23.7 Å². The molecule has 6 unspecified atom stereocenters. The minimum atomic E-state index is -0.503. The SMILES string of the molecule is COC1OC2OC3(CN4CCCCCC4)C1C(C[C@H]3OC(C)=O)C2C. The standard InChI is InChI=1S/C19H31NO5/c1-12-14-10-15(23-13(2)21)19(11-20-8-6-4-5-7-9-20)16(14)18(22-3)24-17(12)25-19/h12,14-18H,4-11H2,1-3H3/t12?,14?,15-,16?,17?,18?,19?/m1/s1. The lowest BCUT2D eigenvalue weighted by molar-refractivity contribution is -0.410. The van der Waals surface area contributed by atoms with Crippen LogP contribution in [0.2, 0.25) is 0 Å². The van der Waals surface area contributed by atoms with Gasteiger partial charge in [0, 0.05) is 32.4 Å². The molecule has 0 aromatic carbocycles. The van der Waals surface area contributed by atoms with Gasteiger partial charge in [0.2, 0.25) is 0 Å². The van der Waals surface area contributed by atoms with Crippen molar-refractivity contribution in [3.05, 3.63) is 0 Å². The van der Waals surface area contributed by atoms with Gasteiger partial charge in [0.15, 0.2) is 12.6 Å². The lowest BCUT2D eigenvalue weighted by Gasteiger charge is -2.56. The van der Waals surface area contributed by atoms with Crippen molar-refractivity contribution in [1.82, 2.24) is 4.90 Å². The molecule has 5 fully saturated rings. The second-order valence-corrected chi connectivity index (χ2v) is 8.25. The van der Waals surface area contributed by atoms with Gasteiger partial charge in [-0.2, -0.15) is 0 Å². The second kappa shape index (κ2) is 6.80. The number of methoxy groups -OCH3 is 1. The van der Waals surface area contributed by atoms with Crippen LogP contribution in [0.25, 0.3) is 0 Å². The molecule has 4 saturated heterocycles. The van der Waals surface area contributed by atoms with Crippen LogP contribution in [0.1, 0.15) is 46.0 Å². The molecule has 0 radical (unpaired) electrons. The summed E-state index contributed by atoms with van der Waals surface area (Å²) in [5.74, 6) is 0.600. The third-order valence-corrected chi connectivity index (χ3v) is 6.77. The summed E-state index contributed by atoms with van der Waals surface area (Å²) in [6, 6.07) is 0. The van der Waals surface area contributed by atoms with Crippen molar-refractivity contribution in [1.29, 1.82) is 0 Å². The fourth-order valence-electron chi connectivity index (χ4n) is 5.63. The quantitative estimate of drug-likeness (QED) is 0.722. The van der Waals surface area contributed by atoms with Crippen molar-refractivity contribution in [2.24, 2.45) is 17.8 Å². The number of carbonyl (C=O) groups is 1. The highest BCUT2D eigenvalue weighted by Crippen LogP contribution is 2.59. The molecule has 5 aliphatic rings. The minimum absolute atomic E-state index is 0.116. The maximum Gasteiger partial charge on any atom is 0.303 e. The zero-order chi connectivity index (χ0) is 17.6. The second-order valence-electron chi connectivity index (χ2n) is 8.25. The number of fused-ring (bicyclic) bond motifs is 1. The van der Waals surface area contributed by atoms with Crippen LogP contribution in [0.15, 0.2) is 0 Å². The van der Waals surface area contributed by atoms with Crippen molar-refractivity contribution in [2.75, 3.05) is 26.7 Å². The van der Waals surface area contributed by atoms with Gasteiger partial charge in [-0.05, 0) is 38.3 Å². The average molecular weight is 353 g/mol. The van der Waals surface area contributed by atoms with E-state index in [9.17, 15) is 4.79 Å². The predicted molar refractivity (Wildman–Crippen MR) is 90.7 cm³/mol. The van der Waals surface area contributed by atoms with Crippen molar-refractivity contribution in [3.63, 3.8) is 0 Å². The van der Waals surface area contributed by atoms with E-state index in [1.54, 1.807) is 7.11 Å². The van der Waals surface area contributed by atoms with Crippen LogP contribution in [0.3, 0.4) is 0 Å². The first kappa shape index (κ1) is 17.7. The molecule has 0 aromatic rings. The largest absolute Gasteiger partial charge is 0.459 e. The molecular formula is C19H31NO5. The van der Waals surface area contributed by atoms with Gasteiger partial charge in [-0.1, -0.05) is 19.8 Å². The Hall–Kier alpha value is -0.690. The van der Waals surface area contributed by atoms with Crippen molar-refractivity contribution < 1.29 is 23.7 Å². The summed E-state index contributed by atoms with van der Waals surface area (Å²) < 4.78 is 24.0. The zero-order valence-corrected chi connectivity index (χ0v) is 15.6. The monoisotopic (exact) mass is 353 g/mol. The van der Waals surface area contributed by atoms with E-state index in [4.69, 9.17) is 18.9 Å². The molecule has 0 aromatic heterocycles. The van der Waals surface area contributed by atoms with E-state index in [1.807, 2.05) is 0 Å². The maximum absolute atomic E-state index is 11.8. The first-order chi connectivity index (χ1) is 12.0. The zero-order valence-electron chi connectivity index (χ0n) is 15.6. The highest BCUT2D eigenvalue weighted by molar-refractivity contribution is 5.66. The van der Waals surface area contributed by atoms with Crippen LogP contribution in [0.4, 0.5) is 0 Å². The Kier molecular flexibility index (Phi) is 4.82. The lowest BCUT2D eigenvalue weighted by Crippen LogP contribution is -2.68. The molecular weight excluding hydrogens is 322 g/mol. The van der Waals surface area contributed by atoms with Gasteiger partial charge in [0.1, 0.15) is 11.7 Å². The number of ether oxygens (including phenoxy) is 4. The minimum Gasteiger partial charge on any atom is -0.459 e. The lowest BCUT2D eigenvalue weighted by atomic mass is 9.73. The molecule has 0 amide bonds. The van der Waals surface area contributed by atoms with Crippen LogP contribution in [0, 0.1) is 17.8 Å². The molecule has 0 N–H and O–H groups in total. The Bertz CT molecular complexity index is 506. The van der Waals surface area contributed by atoms with E-state index in [-0.39, 0.29) is 30.6 Å². The van der Waals surface area contributed by atoms with Crippen molar-refractivity contribution >= 4 is 5.97 Å². The highest BCUT2D eigenvalue weighted by Gasteiger charge is 2.70. The Morgan fingerprint density at radius 3 is 2.60 bits per heavy atom. The molecule has 6 nitrogen and oxygen atoms in total. The van der Waals surface area contributed by atoms with Gasteiger partial charge < -0.3 is 23.8 Å². The molecule has 25 heavy (non-hydrogen) atoms. The molecule has 6 heteroatoms. The van der Waals surface area contributed by atoms with E-state index in [0.29, 0.717) is 11.8 Å². The Morgan fingerprint density at radius 2 is 1.96 bits per heavy atom. The Labute approximate surface area is 150 Å². The number of hydrogen-bond donors (Lipinski definition) is 0. The van der Waals surface area contributed by atoms with E-state index in [1.165, 1.54) is 32.6 Å². The van der Waals surface area contributed by atoms with Crippen LogP contribution < -0.4 is 0 Å². The summed E-state index contributed by atoms with van der Waals surface area (Å²) >= 11 is 0. The van der Waals surface area contributed by atoms with Gasteiger partial charge in [0.05, 0.1) is 0 Å². The smallest absolute Gasteiger partial charge is 0.303 e. The summed E-state index contributed by atoms with van der Waals surface area (Å²) in [5.41, 5.74) is -0.503. The molecule has 4 bridgehead atoms. The van der Waals surface area contributed by atoms with Gasteiger partial charge in [-0.25, -0.2) is 0 Å². The van der Waals surface area contributed by atoms with Gasteiger partial charge in [0.25, 0.3) is 0 Å². The summed E-state index contributed by atoms with van der Waals surface area (Å²) in [6.07, 6.45) is 5.15. The van der Waals surface area contributed by atoms with E-state index >= 15 is 0 Å². The average Bonchev–Trinajstić information content (AvgIpc) is 2.72. The third kappa shape index (κ3) is 2.91. The third-order valence-electron chi connectivity index (χ3n) is 6.77. The van der Waals surface area contributed by atoms with E-state index in [0.717, 1.165) is 26.1 Å². The molecule has 4 aliphatic heterocycles. The topological polar surface area (TPSA) is 57.2 Å². The molecule has 0 spiro atoms. The number of rotatable bonds is 4. The van der Waals surface area contributed by atoms with Gasteiger partial charge in [-0.3, -0.25) is 4.79 Å². The fraction of sp³-hybridized carbons (Fsp3) is 0.947. The number of likely N-dealkylation sites (tertiary alicyclic amines) is 1. The van der Waals surface area contributed by atoms with E-state index in [2.05, 4.69) is 11.8 Å². The highest BCUT2D eigenvalue weighted by atomic mass is 16.8. The van der Waals surface area contributed by atoms with Crippen molar-refractivity contribution in [2.45, 2.75) is 70.2 Å². The summed E-state index contributed by atoms with van der Waals surface area (Å²) in [6.45, 7) is 6.66. The van der Waals surface area contributed by atoms with Gasteiger partial charge in [-0.15, -0.1) is 0 Å². The first-order valence-corrected chi connectivity index (χ1v) is 9.81. The fourth-order valence-corrected chi connectivity index (χ4v) is 5.63. The van der Waals surface area contributed by atoms with Crippen LogP contribution in [-0.4, -0.2) is 61.9 Å². The number of nitrogens with zero attached hydrogens (tertiary/aromatic N) is 1. The number of hydrogen-bond acceptors (Lipinski definition) is 6. The number of carbonyl (C=O) groups excluding carboxylic acids is 1. The summed E-state index contributed by atoms with van der Waals surface area (Å²) in [5, 5.41) is 0. The van der Waals surface area contributed by atoms with Gasteiger partial charge >= 0.3 is 5.97 Å². The van der Waals surface area contributed by atoms with E-state index < -0.39 is 5.60 Å². The molecule has 1 aliphatic carbocycles. The molecule has 1 saturated carbocycles. The number of esters is 1. The van der Waals surface area contributed by atoms with Crippen molar-refractivity contribution in [3.8, 4) is 0 Å². The Morgan fingerprint density at radius 1 is 1.24 bits per heavy atom. The Balaban J connectivity index is 1.65. The molecule has 7 atom stereocenters. The summed E-state index contributed by atoms with van der Waals surface area (Å²) in [7, 11) is 1.70. The molecule has 4 heterocycles. The van der Waals surface area contributed by atoms with Crippen LogP contribution in [0.5, 0.6) is 0 Å². The normalized spacial score (nSPS) is 46.8. The predicted octanol–water partition coefficient (Wildman–Crippen LogP) is 2.16. The molecule has 142 valence electrons. The molecule has 5 rings (SSSR count).